The summed E-state index contributed by atoms with van der Waals surface area (Å²) < 4.78 is 10.5. The second-order valence-electron chi connectivity index (χ2n) is 6.85. The Balaban J connectivity index is 1.82. The number of hydrogen-bond donors (Lipinski definition) is 2. The number of hydrogen-bond acceptors (Lipinski definition) is 5. The highest BCUT2D eigenvalue weighted by molar-refractivity contribution is 7.17. The van der Waals surface area contributed by atoms with Crippen LogP contribution in [0.2, 0.25) is 0 Å². The Morgan fingerprint density at radius 1 is 1.29 bits per heavy atom. The van der Waals surface area contributed by atoms with Crippen molar-refractivity contribution >= 4 is 34.2 Å². The summed E-state index contributed by atoms with van der Waals surface area (Å²) in [7, 11) is 3.14. The van der Waals surface area contributed by atoms with Crippen molar-refractivity contribution in [2.75, 3.05) is 19.5 Å². The highest BCUT2D eigenvalue weighted by atomic mass is 32.1. The van der Waals surface area contributed by atoms with Gasteiger partial charge in [-0.1, -0.05) is 6.92 Å². The Bertz CT molecular complexity index is 933. The number of methoxy groups -OCH3 is 2. The van der Waals surface area contributed by atoms with Gasteiger partial charge in [-0.25, -0.2) is 0 Å². The molecule has 7 heteroatoms. The number of ether oxygens (including phenoxy) is 2. The van der Waals surface area contributed by atoms with E-state index in [9.17, 15) is 9.59 Å². The first-order chi connectivity index (χ1) is 13.4. The lowest BCUT2D eigenvalue weighted by Gasteiger charge is -2.18. The van der Waals surface area contributed by atoms with Gasteiger partial charge in [0.2, 0.25) is 5.91 Å². The predicted molar refractivity (Wildman–Crippen MR) is 111 cm³/mol. The molecule has 0 saturated heterocycles. The molecule has 0 spiro atoms. The molecular weight excluding hydrogens is 376 g/mol. The number of nitrogens with one attached hydrogen (secondary N) is 1. The maximum Gasteiger partial charge on any atom is 0.251 e. The van der Waals surface area contributed by atoms with E-state index in [0.29, 0.717) is 33.5 Å². The summed E-state index contributed by atoms with van der Waals surface area (Å²) in [5.41, 5.74) is 7.75. The summed E-state index contributed by atoms with van der Waals surface area (Å²) in [6.45, 7) is 2.19. The van der Waals surface area contributed by atoms with E-state index >= 15 is 0 Å². The number of thiophene rings is 1. The molecule has 1 aromatic heterocycles. The molecule has 1 aliphatic carbocycles. The Morgan fingerprint density at radius 3 is 2.75 bits per heavy atom. The van der Waals surface area contributed by atoms with E-state index in [0.717, 1.165) is 29.7 Å². The minimum atomic E-state index is -0.499. The van der Waals surface area contributed by atoms with Crippen LogP contribution in [0.25, 0.3) is 6.08 Å². The van der Waals surface area contributed by atoms with Gasteiger partial charge in [0.1, 0.15) is 16.5 Å². The quantitative estimate of drug-likeness (QED) is 0.724. The highest BCUT2D eigenvalue weighted by Crippen LogP contribution is 2.39. The van der Waals surface area contributed by atoms with Crippen LogP contribution < -0.4 is 20.5 Å². The largest absolute Gasteiger partial charge is 0.497 e. The molecule has 148 valence electrons. The van der Waals surface area contributed by atoms with Gasteiger partial charge in [0, 0.05) is 16.5 Å². The summed E-state index contributed by atoms with van der Waals surface area (Å²) in [4.78, 5) is 25.6. The molecule has 0 radical (unpaired) electrons. The monoisotopic (exact) mass is 400 g/mol. The highest BCUT2D eigenvalue weighted by Gasteiger charge is 2.26. The summed E-state index contributed by atoms with van der Waals surface area (Å²) >= 11 is 1.45. The third kappa shape index (κ3) is 4.20. The van der Waals surface area contributed by atoms with Crippen LogP contribution >= 0.6 is 11.3 Å². The van der Waals surface area contributed by atoms with E-state index in [1.54, 1.807) is 38.5 Å². The Hall–Kier alpha value is -2.80. The third-order valence-corrected chi connectivity index (χ3v) is 6.02. The van der Waals surface area contributed by atoms with Crippen LogP contribution in [0.1, 0.15) is 39.7 Å². The molecule has 1 aromatic carbocycles. The molecule has 1 heterocycles. The van der Waals surface area contributed by atoms with Gasteiger partial charge in [0.15, 0.2) is 0 Å². The average Bonchev–Trinajstić information content (AvgIpc) is 3.02. The fraction of sp³-hybridized carbons (Fsp3) is 0.333. The van der Waals surface area contributed by atoms with Crippen LogP contribution in [0.15, 0.2) is 24.3 Å². The average molecular weight is 401 g/mol. The molecule has 0 bridgehead atoms. The molecule has 1 unspecified atom stereocenters. The molecule has 2 amide bonds. The lowest BCUT2D eigenvalue weighted by Crippen LogP contribution is -2.18. The molecule has 3 rings (SSSR count). The standard InChI is InChI=1S/C21H24N2O4S/c1-12-4-7-15-17(10-12)28-21(19(15)20(22)25)23-18(24)9-5-13-11-14(26-2)6-8-16(13)27-3/h5-6,8-9,11-12H,4,7,10H2,1-3H3,(H2,22,25)(H,23,24)/b9-5+. The lowest BCUT2D eigenvalue weighted by atomic mass is 9.88. The first-order valence-electron chi connectivity index (χ1n) is 9.08. The molecule has 0 saturated carbocycles. The van der Waals surface area contributed by atoms with Crippen molar-refractivity contribution in [3.05, 3.63) is 45.8 Å². The van der Waals surface area contributed by atoms with Crippen LogP contribution in [-0.2, 0) is 17.6 Å². The second kappa shape index (κ2) is 8.48. The Labute approximate surface area is 168 Å². The Morgan fingerprint density at radius 2 is 2.07 bits per heavy atom. The topological polar surface area (TPSA) is 90.7 Å². The molecular formula is C21H24N2O4S. The predicted octanol–water partition coefficient (Wildman–Crippen LogP) is 3.64. The van der Waals surface area contributed by atoms with Gasteiger partial charge < -0.3 is 20.5 Å². The number of amides is 2. The zero-order valence-electron chi connectivity index (χ0n) is 16.2. The van der Waals surface area contributed by atoms with Gasteiger partial charge in [0.05, 0.1) is 19.8 Å². The van der Waals surface area contributed by atoms with E-state index in [1.807, 2.05) is 0 Å². The van der Waals surface area contributed by atoms with Crippen molar-refractivity contribution in [1.29, 1.82) is 0 Å². The molecule has 1 atom stereocenters. The van der Waals surface area contributed by atoms with E-state index in [2.05, 4.69) is 12.2 Å². The fourth-order valence-corrected chi connectivity index (χ4v) is 4.81. The summed E-state index contributed by atoms with van der Waals surface area (Å²) in [6.07, 6.45) is 5.80. The summed E-state index contributed by atoms with van der Waals surface area (Å²) in [6, 6.07) is 5.34. The molecule has 1 aliphatic rings. The van der Waals surface area contributed by atoms with Gasteiger partial charge >= 0.3 is 0 Å². The van der Waals surface area contributed by atoms with Crippen molar-refractivity contribution in [2.24, 2.45) is 11.7 Å². The van der Waals surface area contributed by atoms with E-state index in [4.69, 9.17) is 15.2 Å². The number of benzene rings is 1. The van der Waals surface area contributed by atoms with Crippen molar-refractivity contribution in [2.45, 2.75) is 26.2 Å². The number of carbonyl (C=O) groups excluding carboxylic acids is 2. The minimum absolute atomic E-state index is 0.334. The normalized spacial score (nSPS) is 15.9. The van der Waals surface area contributed by atoms with Gasteiger partial charge in [-0.3, -0.25) is 9.59 Å². The van der Waals surface area contributed by atoms with Crippen molar-refractivity contribution < 1.29 is 19.1 Å². The summed E-state index contributed by atoms with van der Waals surface area (Å²) in [5.74, 6) is 1.02. The van der Waals surface area contributed by atoms with Gasteiger partial charge in [0.25, 0.3) is 5.91 Å². The van der Waals surface area contributed by atoms with E-state index in [-0.39, 0.29) is 5.91 Å². The zero-order chi connectivity index (χ0) is 20.3. The van der Waals surface area contributed by atoms with Gasteiger partial charge in [-0.2, -0.15) is 0 Å². The smallest absolute Gasteiger partial charge is 0.251 e. The number of primary amides is 1. The molecule has 6 nitrogen and oxygen atoms in total. The third-order valence-electron chi connectivity index (χ3n) is 4.85. The fourth-order valence-electron chi connectivity index (χ4n) is 3.39. The van der Waals surface area contributed by atoms with Crippen molar-refractivity contribution in [3.8, 4) is 11.5 Å². The van der Waals surface area contributed by atoms with Crippen molar-refractivity contribution in [1.82, 2.24) is 0 Å². The number of nitrogens with two attached hydrogens (primary N) is 1. The number of fused-ring (bicyclic) bond motifs is 1. The zero-order valence-corrected chi connectivity index (χ0v) is 17.0. The molecule has 2 aromatic rings. The van der Waals surface area contributed by atoms with Gasteiger partial charge in [-0.15, -0.1) is 11.3 Å². The van der Waals surface area contributed by atoms with E-state index in [1.165, 1.54) is 17.4 Å². The molecule has 3 N–H and O–H groups in total. The summed E-state index contributed by atoms with van der Waals surface area (Å²) in [5, 5.41) is 3.35. The number of anilines is 1. The molecule has 0 fully saturated rings. The molecule has 28 heavy (non-hydrogen) atoms. The van der Waals surface area contributed by atoms with Crippen LogP contribution in [0, 0.1) is 5.92 Å². The first kappa shape index (κ1) is 19.9. The van der Waals surface area contributed by atoms with Crippen LogP contribution in [-0.4, -0.2) is 26.0 Å². The minimum Gasteiger partial charge on any atom is -0.497 e. The lowest BCUT2D eigenvalue weighted by molar-refractivity contribution is -0.111. The SMILES string of the molecule is COc1ccc(OC)c(/C=C/C(=O)Nc2sc3c(c2C(N)=O)CCC(C)C3)c1. The Kier molecular flexibility index (Phi) is 6.04. The number of rotatable bonds is 6. The van der Waals surface area contributed by atoms with Crippen molar-refractivity contribution in [3.63, 3.8) is 0 Å². The van der Waals surface area contributed by atoms with Crippen LogP contribution in [0.5, 0.6) is 11.5 Å². The number of carbonyl (C=O) groups is 2. The first-order valence-corrected chi connectivity index (χ1v) is 9.90. The second-order valence-corrected chi connectivity index (χ2v) is 7.96. The molecule has 0 aliphatic heterocycles. The van der Waals surface area contributed by atoms with E-state index < -0.39 is 5.91 Å². The van der Waals surface area contributed by atoms with Crippen LogP contribution in [0.4, 0.5) is 5.00 Å². The maximum atomic E-state index is 12.5. The van der Waals surface area contributed by atoms with Gasteiger partial charge in [-0.05, 0) is 55.0 Å². The maximum absolute atomic E-state index is 12.5. The van der Waals surface area contributed by atoms with Crippen LogP contribution in [0.3, 0.4) is 0 Å².